The number of hydrogen-bond acceptors (Lipinski definition) is 4. The zero-order chi connectivity index (χ0) is 16.9. The molecule has 2 rings (SSSR count). The van der Waals surface area contributed by atoms with Gasteiger partial charge in [0.15, 0.2) is 0 Å². The minimum atomic E-state index is -3.34. The van der Waals surface area contributed by atoms with Crippen molar-refractivity contribution in [3.63, 3.8) is 0 Å². The minimum Gasteiger partial charge on any atom is -0.472 e. The summed E-state index contributed by atoms with van der Waals surface area (Å²) in [4.78, 5) is 25.3. The number of carbonyl (C=O) groups excluding carboxylic acids is 2. The second-order valence-electron chi connectivity index (χ2n) is 5.42. The topological polar surface area (TPSA) is 94.8 Å². The fraction of sp³-hybridized carbons (Fsp3) is 0.571. The van der Waals surface area contributed by atoms with Gasteiger partial charge in [0.2, 0.25) is 0 Å². The van der Waals surface area contributed by atoms with Crippen LogP contribution in [0.4, 0.5) is 13.6 Å². The van der Waals surface area contributed by atoms with Gasteiger partial charge in [0.05, 0.1) is 18.4 Å². The Kier molecular flexibility index (Phi) is 5.54. The normalized spacial score (nSPS) is 16.2. The van der Waals surface area contributed by atoms with E-state index in [-0.39, 0.29) is 11.9 Å². The van der Waals surface area contributed by atoms with Crippen molar-refractivity contribution >= 4 is 11.9 Å². The van der Waals surface area contributed by atoms with E-state index in [4.69, 9.17) is 9.52 Å². The van der Waals surface area contributed by atoms with Gasteiger partial charge in [-0.25, -0.2) is 13.6 Å². The molecule has 3 N–H and O–H groups in total. The number of furan rings is 1. The van der Waals surface area contributed by atoms with Crippen molar-refractivity contribution < 1.29 is 27.9 Å². The number of alkyl halides is 2. The summed E-state index contributed by atoms with van der Waals surface area (Å²) in [6.45, 7) is -1.32. The van der Waals surface area contributed by atoms with E-state index >= 15 is 0 Å². The molecule has 0 radical (unpaired) electrons. The van der Waals surface area contributed by atoms with Gasteiger partial charge in [-0.3, -0.25) is 4.79 Å². The van der Waals surface area contributed by atoms with Crippen LogP contribution in [0, 0.1) is 0 Å². The van der Waals surface area contributed by atoms with Crippen molar-refractivity contribution in [1.82, 2.24) is 15.5 Å². The van der Waals surface area contributed by atoms with Crippen LogP contribution in [0.5, 0.6) is 0 Å². The van der Waals surface area contributed by atoms with Crippen molar-refractivity contribution in [3.05, 3.63) is 24.2 Å². The van der Waals surface area contributed by atoms with E-state index in [1.165, 1.54) is 12.5 Å². The van der Waals surface area contributed by atoms with Crippen molar-refractivity contribution in [2.75, 3.05) is 26.2 Å². The van der Waals surface area contributed by atoms with Gasteiger partial charge in [-0.2, -0.15) is 0 Å². The quantitative estimate of drug-likeness (QED) is 0.744. The highest BCUT2D eigenvalue weighted by Crippen LogP contribution is 2.14. The van der Waals surface area contributed by atoms with Crippen LogP contribution in [0.25, 0.3) is 0 Å². The fourth-order valence-corrected chi connectivity index (χ4v) is 2.30. The molecule has 3 amide bonds. The number of likely N-dealkylation sites (tertiary alicyclic amines) is 1. The smallest absolute Gasteiger partial charge is 0.315 e. The second kappa shape index (κ2) is 7.40. The Morgan fingerprint density at radius 3 is 2.65 bits per heavy atom. The molecule has 1 aliphatic heterocycles. The number of halogens is 2. The van der Waals surface area contributed by atoms with Gasteiger partial charge < -0.3 is 25.1 Å². The Balaban J connectivity index is 1.72. The fourth-order valence-electron chi connectivity index (χ4n) is 2.30. The van der Waals surface area contributed by atoms with Crippen LogP contribution in [0.15, 0.2) is 23.0 Å². The maximum atomic E-state index is 12.8. The standard InChI is InChI=1S/C14H19F2N3O4/c15-14(16,9-20)8-17-13(22)18-11-1-4-19(5-2-11)12(21)10-3-6-23-7-10/h3,6-7,11,20H,1-2,4-5,8-9H2,(H2,17,18,22). The summed E-state index contributed by atoms with van der Waals surface area (Å²) in [6.07, 6.45) is 3.87. The first kappa shape index (κ1) is 17.2. The molecule has 128 valence electrons. The first-order valence-electron chi connectivity index (χ1n) is 7.26. The summed E-state index contributed by atoms with van der Waals surface area (Å²) < 4.78 is 30.5. The maximum Gasteiger partial charge on any atom is 0.315 e. The second-order valence-corrected chi connectivity index (χ2v) is 5.42. The molecule has 0 saturated carbocycles. The molecule has 9 heteroatoms. The largest absolute Gasteiger partial charge is 0.472 e. The number of amides is 3. The number of urea groups is 1. The molecule has 23 heavy (non-hydrogen) atoms. The van der Waals surface area contributed by atoms with Crippen LogP contribution in [-0.2, 0) is 0 Å². The minimum absolute atomic E-state index is 0.135. The molecule has 0 atom stereocenters. The molecule has 0 bridgehead atoms. The number of aliphatic hydroxyl groups excluding tert-OH is 1. The summed E-state index contributed by atoms with van der Waals surface area (Å²) in [7, 11) is 0. The number of piperidine rings is 1. The van der Waals surface area contributed by atoms with Crippen LogP contribution in [-0.4, -0.2) is 60.2 Å². The number of nitrogens with zero attached hydrogens (tertiary/aromatic N) is 1. The van der Waals surface area contributed by atoms with Crippen LogP contribution < -0.4 is 10.6 Å². The lowest BCUT2D eigenvalue weighted by Gasteiger charge is -2.32. The Hall–Kier alpha value is -2.16. The molecule has 1 saturated heterocycles. The summed E-state index contributed by atoms with van der Waals surface area (Å²) in [6, 6.07) is 0.686. The van der Waals surface area contributed by atoms with Crippen LogP contribution in [0.1, 0.15) is 23.2 Å². The van der Waals surface area contributed by atoms with E-state index < -0.39 is 25.1 Å². The predicted octanol–water partition coefficient (Wildman–Crippen LogP) is 0.811. The van der Waals surface area contributed by atoms with Crippen molar-refractivity contribution in [2.24, 2.45) is 0 Å². The maximum absolute atomic E-state index is 12.8. The summed E-state index contributed by atoms with van der Waals surface area (Å²) in [5, 5.41) is 13.0. The molecule has 1 aromatic heterocycles. The Bertz CT molecular complexity index is 528. The van der Waals surface area contributed by atoms with Gasteiger partial charge >= 0.3 is 6.03 Å². The van der Waals surface area contributed by atoms with E-state index in [0.717, 1.165) is 0 Å². The summed E-state index contributed by atoms with van der Waals surface area (Å²) in [5.74, 6) is -3.47. The highest BCUT2D eigenvalue weighted by atomic mass is 19.3. The number of carbonyl (C=O) groups is 2. The first-order chi connectivity index (χ1) is 10.9. The van der Waals surface area contributed by atoms with Gasteiger partial charge in [0, 0.05) is 19.1 Å². The van der Waals surface area contributed by atoms with Crippen molar-refractivity contribution in [2.45, 2.75) is 24.8 Å². The van der Waals surface area contributed by atoms with Crippen molar-refractivity contribution in [1.29, 1.82) is 0 Å². The first-order valence-corrected chi connectivity index (χ1v) is 7.26. The number of nitrogens with one attached hydrogen (secondary N) is 2. The number of aliphatic hydroxyl groups is 1. The zero-order valence-electron chi connectivity index (χ0n) is 12.4. The van der Waals surface area contributed by atoms with Gasteiger partial charge in [0.25, 0.3) is 11.8 Å². The van der Waals surface area contributed by atoms with Gasteiger partial charge in [-0.1, -0.05) is 0 Å². The Morgan fingerprint density at radius 2 is 2.09 bits per heavy atom. The van der Waals surface area contributed by atoms with Crippen LogP contribution in [0.3, 0.4) is 0 Å². The van der Waals surface area contributed by atoms with Crippen molar-refractivity contribution in [3.8, 4) is 0 Å². The van der Waals surface area contributed by atoms with Gasteiger partial charge in [-0.15, -0.1) is 0 Å². The highest BCUT2D eigenvalue weighted by Gasteiger charge is 2.29. The Morgan fingerprint density at radius 1 is 1.39 bits per heavy atom. The molecule has 1 aliphatic rings. The molecule has 1 aromatic rings. The average molecular weight is 331 g/mol. The monoisotopic (exact) mass is 331 g/mol. The third kappa shape index (κ3) is 4.92. The zero-order valence-corrected chi connectivity index (χ0v) is 12.4. The average Bonchev–Trinajstić information content (AvgIpc) is 3.08. The van der Waals surface area contributed by atoms with Gasteiger partial charge in [-0.05, 0) is 18.9 Å². The highest BCUT2D eigenvalue weighted by molar-refractivity contribution is 5.93. The molecular formula is C14H19F2N3O4. The molecule has 1 fully saturated rings. The molecule has 0 aromatic carbocycles. The summed E-state index contributed by atoms with van der Waals surface area (Å²) in [5.41, 5.74) is 0.473. The molecule has 7 nitrogen and oxygen atoms in total. The lowest BCUT2D eigenvalue weighted by atomic mass is 10.0. The lowest BCUT2D eigenvalue weighted by Crippen LogP contribution is -2.51. The summed E-state index contributed by atoms with van der Waals surface area (Å²) >= 11 is 0. The molecule has 0 spiro atoms. The molecule has 0 aliphatic carbocycles. The third-order valence-electron chi connectivity index (χ3n) is 3.62. The van der Waals surface area contributed by atoms with E-state index in [9.17, 15) is 18.4 Å². The molecule has 0 unspecified atom stereocenters. The van der Waals surface area contributed by atoms with E-state index in [2.05, 4.69) is 5.32 Å². The van der Waals surface area contributed by atoms with E-state index in [1.54, 1.807) is 11.0 Å². The predicted molar refractivity (Wildman–Crippen MR) is 76.2 cm³/mol. The van der Waals surface area contributed by atoms with E-state index in [1.807, 2.05) is 5.32 Å². The molecule has 2 heterocycles. The van der Waals surface area contributed by atoms with Crippen LogP contribution >= 0.6 is 0 Å². The SMILES string of the molecule is O=C(NCC(F)(F)CO)NC1CCN(C(=O)c2ccoc2)CC1. The van der Waals surface area contributed by atoms with E-state index in [0.29, 0.717) is 31.5 Å². The Labute approximate surface area is 131 Å². The number of hydrogen-bond donors (Lipinski definition) is 3. The third-order valence-corrected chi connectivity index (χ3v) is 3.62. The lowest BCUT2D eigenvalue weighted by molar-refractivity contribution is -0.0454. The number of rotatable bonds is 5. The van der Waals surface area contributed by atoms with Gasteiger partial charge in [0.1, 0.15) is 12.9 Å². The molecular weight excluding hydrogens is 312 g/mol. The van der Waals surface area contributed by atoms with Crippen LogP contribution in [0.2, 0.25) is 0 Å².